The molecule has 2 aromatic rings. The minimum atomic E-state index is -3.63. The minimum Gasteiger partial charge on any atom is -0.439 e. The topological polar surface area (TPSA) is 106 Å². The van der Waals surface area contributed by atoms with E-state index in [1.165, 1.54) is 13.8 Å². The zero-order valence-electron chi connectivity index (χ0n) is 11.0. The fourth-order valence-electron chi connectivity index (χ4n) is 2.09. The Bertz CT molecular complexity index is 822. The molecule has 1 aliphatic rings. The lowest BCUT2D eigenvalue weighted by molar-refractivity contribution is -0.132. The third-order valence-corrected chi connectivity index (χ3v) is 5.75. The van der Waals surface area contributed by atoms with Crippen molar-refractivity contribution in [1.82, 2.24) is 9.29 Å². The third-order valence-electron chi connectivity index (χ3n) is 3.41. The van der Waals surface area contributed by atoms with Gasteiger partial charge in [0.25, 0.3) is 15.9 Å². The number of anilines is 1. The molecule has 0 atom stereocenters. The van der Waals surface area contributed by atoms with Gasteiger partial charge in [0.2, 0.25) is 5.89 Å². The van der Waals surface area contributed by atoms with Crippen LogP contribution in [0.15, 0.2) is 22.6 Å². The summed E-state index contributed by atoms with van der Waals surface area (Å²) in [5, 5.41) is 0. The molecule has 7 nitrogen and oxygen atoms in total. The van der Waals surface area contributed by atoms with Gasteiger partial charge in [-0.1, -0.05) is 0 Å². The van der Waals surface area contributed by atoms with Crippen LogP contribution in [-0.2, 0) is 21.4 Å². The average molecular weight is 295 g/mol. The van der Waals surface area contributed by atoms with Crippen molar-refractivity contribution in [1.29, 1.82) is 0 Å². The summed E-state index contributed by atoms with van der Waals surface area (Å²) in [6.07, 6.45) is 0. The van der Waals surface area contributed by atoms with Crippen LogP contribution in [0.3, 0.4) is 0 Å². The second kappa shape index (κ2) is 3.72. The van der Waals surface area contributed by atoms with Gasteiger partial charge in [0.05, 0.1) is 0 Å². The molecule has 0 saturated carbocycles. The first-order chi connectivity index (χ1) is 9.23. The number of nitrogens with two attached hydrogens (primary N) is 1. The maximum absolute atomic E-state index is 12.0. The van der Waals surface area contributed by atoms with E-state index in [1.54, 1.807) is 18.2 Å². The summed E-state index contributed by atoms with van der Waals surface area (Å²) in [4.78, 5) is 16.0. The van der Waals surface area contributed by atoms with Gasteiger partial charge >= 0.3 is 0 Å². The van der Waals surface area contributed by atoms with Crippen LogP contribution in [0.5, 0.6) is 0 Å². The molecule has 0 spiro atoms. The lowest BCUT2D eigenvalue weighted by Crippen LogP contribution is -2.66. The Hall–Kier alpha value is -2.09. The number of hydrogen-bond acceptors (Lipinski definition) is 6. The lowest BCUT2D eigenvalue weighted by Gasteiger charge is -2.42. The number of aromatic nitrogens is 1. The number of nitrogens with zero attached hydrogens (tertiary/aromatic N) is 2. The second-order valence-electron chi connectivity index (χ2n) is 5.16. The third kappa shape index (κ3) is 1.54. The van der Waals surface area contributed by atoms with Gasteiger partial charge in [0, 0.05) is 11.8 Å². The van der Waals surface area contributed by atoms with E-state index in [-0.39, 0.29) is 12.4 Å². The first kappa shape index (κ1) is 12.9. The number of hydrogen-bond donors (Lipinski definition) is 1. The van der Waals surface area contributed by atoms with E-state index in [2.05, 4.69) is 4.98 Å². The monoisotopic (exact) mass is 295 g/mol. The molecule has 2 N–H and O–H groups in total. The van der Waals surface area contributed by atoms with Crippen molar-refractivity contribution in [3.05, 3.63) is 24.1 Å². The van der Waals surface area contributed by atoms with Gasteiger partial charge in [-0.2, -0.15) is 0 Å². The van der Waals surface area contributed by atoms with Crippen LogP contribution in [-0.4, -0.2) is 28.4 Å². The molecular weight excluding hydrogens is 282 g/mol. The summed E-state index contributed by atoms with van der Waals surface area (Å²) in [5.41, 5.74) is 7.18. The van der Waals surface area contributed by atoms with Crippen LogP contribution in [0.1, 0.15) is 19.7 Å². The Morgan fingerprint density at radius 1 is 1.40 bits per heavy atom. The smallest absolute Gasteiger partial charge is 0.259 e. The van der Waals surface area contributed by atoms with E-state index in [1.807, 2.05) is 0 Å². The Morgan fingerprint density at radius 2 is 2.10 bits per heavy atom. The maximum atomic E-state index is 12.0. The fourth-order valence-corrected chi connectivity index (χ4v) is 3.57. The normalized spacial score (nSPS) is 20.1. The highest BCUT2D eigenvalue weighted by Crippen LogP contribution is 2.36. The SMILES string of the molecule is CC1(C)C(=O)N(Cc2nc3ccc(N)cc3o2)S1(=O)=O. The molecule has 1 amide bonds. The summed E-state index contributed by atoms with van der Waals surface area (Å²) in [5.74, 6) is -0.294. The van der Waals surface area contributed by atoms with Crippen molar-refractivity contribution in [3.8, 4) is 0 Å². The molecule has 20 heavy (non-hydrogen) atoms. The maximum Gasteiger partial charge on any atom is 0.259 e. The highest BCUT2D eigenvalue weighted by atomic mass is 32.2. The van der Waals surface area contributed by atoms with Crippen molar-refractivity contribution in [3.63, 3.8) is 0 Å². The van der Waals surface area contributed by atoms with Gasteiger partial charge in [-0.3, -0.25) is 4.79 Å². The van der Waals surface area contributed by atoms with E-state index < -0.39 is 20.7 Å². The van der Waals surface area contributed by atoms with Crippen LogP contribution in [0, 0.1) is 0 Å². The van der Waals surface area contributed by atoms with Gasteiger partial charge in [-0.15, -0.1) is 0 Å². The van der Waals surface area contributed by atoms with Crippen molar-refractivity contribution in [2.24, 2.45) is 0 Å². The number of amides is 1. The first-order valence-electron chi connectivity index (χ1n) is 5.95. The Labute approximate surface area is 115 Å². The largest absolute Gasteiger partial charge is 0.439 e. The van der Waals surface area contributed by atoms with Crippen LogP contribution >= 0.6 is 0 Å². The number of carbonyl (C=O) groups is 1. The standard InChI is InChI=1S/C12H13N3O4S/c1-12(2)11(16)15(20(12,17)18)6-10-14-8-4-3-7(13)5-9(8)19-10/h3-5H,6,13H2,1-2H3. The zero-order chi connectivity index (χ0) is 14.7. The van der Waals surface area contributed by atoms with E-state index in [4.69, 9.17) is 10.2 Å². The first-order valence-corrected chi connectivity index (χ1v) is 7.39. The molecule has 1 aromatic carbocycles. The average Bonchev–Trinajstić information content (AvgIpc) is 2.76. The van der Waals surface area contributed by atoms with E-state index >= 15 is 0 Å². The molecule has 0 unspecified atom stereocenters. The Balaban J connectivity index is 1.93. The Morgan fingerprint density at radius 3 is 2.75 bits per heavy atom. The fraction of sp³-hybridized carbons (Fsp3) is 0.333. The van der Waals surface area contributed by atoms with E-state index in [0.29, 0.717) is 16.8 Å². The van der Waals surface area contributed by atoms with Crippen molar-refractivity contribution < 1.29 is 17.6 Å². The quantitative estimate of drug-likeness (QED) is 0.823. The molecule has 1 aliphatic heterocycles. The molecule has 0 bridgehead atoms. The summed E-state index contributed by atoms with van der Waals surface area (Å²) in [6, 6.07) is 4.94. The Kier molecular flexibility index (Phi) is 2.40. The minimum absolute atomic E-state index is 0.165. The molecule has 3 rings (SSSR count). The highest BCUT2D eigenvalue weighted by Gasteiger charge is 2.60. The summed E-state index contributed by atoms with van der Waals surface area (Å²) >= 11 is 0. The molecule has 0 aliphatic carbocycles. The van der Waals surface area contributed by atoms with E-state index in [9.17, 15) is 13.2 Å². The van der Waals surface area contributed by atoms with Crippen LogP contribution < -0.4 is 5.73 Å². The molecule has 1 aromatic heterocycles. The van der Waals surface area contributed by atoms with Crippen molar-refractivity contribution >= 4 is 32.7 Å². The molecule has 8 heteroatoms. The number of rotatable bonds is 2. The number of oxazole rings is 1. The number of carbonyl (C=O) groups excluding carboxylic acids is 1. The number of sulfonamides is 1. The predicted octanol–water partition coefficient (Wildman–Crippen LogP) is 0.861. The second-order valence-corrected chi connectivity index (χ2v) is 7.57. The number of fused-ring (bicyclic) bond motifs is 1. The molecule has 0 radical (unpaired) electrons. The predicted molar refractivity (Wildman–Crippen MR) is 72.0 cm³/mol. The lowest BCUT2D eigenvalue weighted by atomic mass is 10.2. The summed E-state index contributed by atoms with van der Waals surface area (Å²) in [7, 11) is -3.63. The van der Waals surface area contributed by atoms with Gasteiger partial charge < -0.3 is 10.2 Å². The van der Waals surface area contributed by atoms with Crippen LogP contribution in [0.25, 0.3) is 11.1 Å². The van der Waals surface area contributed by atoms with E-state index in [0.717, 1.165) is 4.31 Å². The van der Waals surface area contributed by atoms with Gasteiger partial charge in [0.1, 0.15) is 12.1 Å². The molecule has 106 valence electrons. The number of nitrogen functional groups attached to an aromatic ring is 1. The van der Waals surface area contributed by atoms with Crippen molar-refractivity contribution in [2.45, 2.75) is 25.1 Å². The van der Waals surface area contributed by atoms with Gasteiger partial charge in [-0.25, -0.2) is 17.7 Å². The summed E-state index contributed by atoms with van der Waals surface area (Å²) in [6.45, 7) is 2.57. The zero-order valence-corrected chi connectivity index (χ0v) is 11.8. The molecule has 2 heterocycles. The van der Waals surface area contributed by atoms with Crippen molar-refractivity contribution in [2.75, 3.05) is 5.73 Å². The van der Waals surface area contributed by atoms with Crippen LogP contribution in [0.2, 0.25) is 0 Å². The highest BCUT2D eigenvalue weighted by molar-refractivity contribution is 7.94. The molecule has 1 saturated heterocycles. The molecular formula is C12H13N3O4S. The summed E-state index contributed by atoms with van der Waals surface area (Å²) < 4.78 is 28.8. The van der Waals surface area contributed by atoms with Crippen LogP contribution in [0.4, 0.5) is 5.69 Å². The number of benzene rings is 1. The van der Waals surface area contributed by atoms with Gasteiger partial charge in [-0.05, 0) is 26.0 Å². The van der Waals surface area contributed by atoms with Gasteiger partial charge in [0.15, 0.2) is 10.3 Å². The molecule has 1 fully saturated rings.